The first-order valence-electron chi connectivity index (χ1n) is 8.94. The molecule has 0 saturated carbocycles. The van der Waals surface area contributed by atoms with Gasteiger partial charge in [-0.05, 0) is 49.7 Å². The van der Waals surface area contributed by atoms with Gasteiger partial charge in [0.1, 0.15) is 24.3 Å². The minimum atomic E-state index is -0.657. The molecule has 3 rings (SSSR count). The fourth-order valence-corrected chi connectivity index (χ4v) is 2.99. The van der Waals surface area contributed by atoms with Gasteiger partial charge in [-0.2, -0.15) is 0 Å². The molecule has 0 spiro atoms. The van der Waals surface area contributed by atoms with Crippen molar-refractivity contribution in [3.05, 3.63) is 59.9 Å². The lowest BCUT2D eigenvalue weighted by Gasteiger charge is -2.15. The van der Waals surface area contributed by atoms with E-state index in [9.17, 15) is 9.90 Å². The van der Waals surface area contributed by atoms with Crippen molar-refractivity contribution in [2.75, 3.05) is 6.61 Å². The van der Waals surface area contributed by atoms with Crippen LogP contribution in [-0.4, -0.2) is 33.2 Å². The van der Waals surface area contributed by atoms with Crippen LogP contribution in [0.3, 0.4) is 0 Å². The Hall–Kier alpha value is -2.66. The van der Waals surface area contributed by atoms with E-state index in [0.29, 0.717) is 17.9 Å². The Kier molecular flexibility index (Phi) is 5.68. The number of benzene rings is 2. The highest BCUT2D eigenvalue weighted by Crippen LogP contribution is 2.18. The number of carbonyl (C=O) groups is 1. The number of aliphatic hydroxyl groups excluding tert-OH is 1. The van der Waals surface area contributed by atoms with Crippen LogP contribution in [0.2, 0.25) is 0 Å². The van der Waals surface area contributed by atoms with E-state index < -0.39 is 6.10 Å². The van der Waals surface area contributed by atoms with Gasteiger partial charge in [-0.25, -0.2) is 4.98 Å². The van der Waals surface area contributed by atoms with Crippen LogP contribution in [0.25, 0.3) is 11.0 Å². The molecular formula is C21H24N2O3. The molecule has 0 radical (unpaired) electrons. The number of ether oxygens (including phenoxy) is 1. The third-order valence-corrected chi connectivity index (χ3v) is 4.30. The van der Waals surface area contributed by atoms with Crippen molar-refractivity contribution in [1.29, 1.82) is 0 Å². The molecule has 1 atom stereocenters. The van der Waals surface area contributed by atoms with E-state index in [4.69, 9.17) is 4.74 Å². The molecule has 136 valence electrons. The van der Waals surface area contributed by atoms with Gasteiger partial charge in [-0.3, -0.25) is 4.79 Å². The summed E-state index contributed by atoms with van der Waals surface area (Å²) >= 11 is 0. The summed E-state index contributed by atoms with van der Waals surface area (Å²) < 4.78 is 7.74. The minimum absolute atomic E-state index is 0.0204. The first-order valence-corrected chi connectivity index (χ1v) is 8.94. The quantitative estimate of drug-likeness (QED) is 0.629. The molecule has 1 aromatic heterocycles. The van der Waals surface area contributed by atoms with E-state index >= 15 is 0 Å². The molecule has 26 heavy (non-hydrogen) atoms. The molecule has 5 nitrogen and oxygen atoms in total. The van der Waals surface area contributed by atoms with Crippen LogP contribution in [0.5, 0.6) is 5.75 Å². The van der Waals surface area contributed by atoms with Gasteiger partial charge in [-0.15, -0.1) is 0 Å². The van der Waals surface area contributed by atoms with Crippen LogP contribution in [0.1, 0.15) is 36.5 Å². The Balaban J connectivity index is 1.68. The largest absolute Gasteiger partial charge is 0.491 e. The molecule has 0 amide bonds. The smallest absolute Gasteiger partial charge is 0.159 e. The number of carbonyl (C=O) groups excluding carboxylic acids is 1. The maximum absolute atomic E-state index is 11.3. The normalized spacial score (nSPS) is 12.3. The van der Waals surface area contributed by atoms with Gasteiger partial charge in [0.25, 0.3) is 0 Å². The van der Waals surface area contributed by atoms with Crippen molar-refractivity contribution < 1.29 is 14.6 Å². The van der Waals surface area contributed by atoms with Gasteiger partial charge in [0, 0.05) is 12.0 Å². The van der Waals surface area contributed by atoms with Gasteiger partial charge >= 0.3 is 0 Å². The predicted octanol–water partition coefficient (Wildman–Crippen LogP) is 3.63. The van der Waals surface area contributed by atoms with Crippen LogP contribution in [0.4, 0.5) is 0 Å². The molecule has 1 heterocycles. The SMILES string of the molecule is CCCc1nc2ccccc2n1C[C@H](O)COc1ccc(C(C)=O)cc1. The number of Topliss-reactive ketones (excluding diaryl/α,β-unsaturated/α-hetero) is 1. The highest BCUT2D eigenvalue weighted by Gasteiger charge is 2.14. The Morgan fingerprint density at radius 2 is 1.92 bits per heavy atom. The Morgan fingerprint density at radius 3 is 2.62 bits per heavy atom. The zero-order valence-corrected chi connectivity index (χ0v) is 15.2. The number of nitrogens with zero attached hydrogens (tertiary/aromatic N) is 2. The molecule has 0 fully saturated rings. The molecule has 2 aromatic carbocycles. The van der Waals surface area contributed by atoms with E-state index in [1.807, 2.05) is 24.3 Å². The molecule has 1 N–H and O–H groups in total. The van der Waals surface area contributed by atoms with Crippen LogP contribution < -0.4 is 4.74 Å². The first-order chi connectivity index (χ1) is 12.6. The zero-order chi connectivity index (χ0) is 18.5. The molecule has 0 aliphatic heterocycles. The number of fused-ring (bicyclic) bond motifs is 1. The van der Waals surface area contributed by atoms with Crippen LogP contribution >= 0.6 is 0 Å². The number of ketones is 1. The van der Waals surface area contributed by atoms with Crippen LogP contribution in [-0.2, 0) is 13.0 Å². The fourth-order valence-electron chi connectivity index (χ4n) is 2.99. The summed E-state index contributed by atoms with van der Waals surface area (Å²) in [5.41, 5.74) is 2.62. The summed E-state index contributed by atoms with van der Waals surface area (Å²) in [5.74, 6) is 1.64. The standard InChI is InChI=1S/C21H24N2O3/c1-3-6-21-22-19-7-4-5-8-20(19)23(21)13-17(25)14-26-18-11-9-16(10-12-18)15(2)24/h4-5,7-12,17,25H,3,6,13-14H2,1-2H3/t17-/m0/s1. The lowest BCUT2D eigenvalue weighted by Crippen LogP contribution is -2.24. The van der Waals surface area contributed by atoms with Crippen molar-refractivity contribution in [3.63, 3.8) is 0 Å². The molecule has 0 aliphatic rings. The number of hydrogen-bond acceptors (Lipinski definition) is 4. The summed E-state index contributed by atoms with van der Waals surface area (Å²) in [7, 11) is 0. The maximum Gasteiger partial charge on any atom is 0.159 e. The van der Waals surface area contributed by atoms with E-state index in [-0.39, 0.29) is 12.4 Å². The van der Waals surface area contributed by atoms with Crippen molar-refractivity contribution in [2.45, 2.75) is 39.3 Å². The lowest BCUT2D eigenvalue weighted by atomic mass is 10.1. The topological polar surface area (TPSA) is 64.3 Å². The number of hydrogen-bond donors (Lipinski definition) is 1. The van der Waals surface area contributed by atoms with Crippen molar-refractivity contribution in [1.82, 2.24) is 9.55 Å². The summed E-state index contributed by atoms with van der Waals surface area (Å²) in [6.07, 6.45) is 1.21. The number of aromatic nitrogens is 2. The average Bonchev–Trinajstić information content (AvgIpc) is 2.98. The maximum atomic E-state index is 11.3. The van der Waals surface area contributed by atoms with E-state index in [2.05, 4.69) is 16.5 Å². The lowest BCUT2D eigenvalue weighted by molar-refractivity contribution is 0.0926. The Bertz CT molecular complexity index is 884. The van der Waals surface area contributed by atoms with Crippen molar-refractivity contribution in [3.8, 4) is 5.75 Å². The number of aliphatic hydroxyl groups is 1. The van der Waals surface area contributed by atoms with Gasteiger partial charge in [0.05, 0.1) is 17.6 Å². The highest BCUT2D eigenvalue weighted by atomic mass is 16.5. The Morgan fingerprint density at radius 1 is 1.19 bits per heavy atom. The second-order valence-corrected chi connectivity index (χ2v) is 6.42. The van der Waals surface area contributed by atoms with Gasteiger partial charge in [0.15, 0.2) is 5.78 Å². The third kappa shape index (κ3) is 4.11. The highest BCUT2D eigenvalue weighted by molar-refractivity contribution is 5.94. The Labute approximate surface area is 153 Å². The molecular weight excluding hydrogens is 328 g/mol. The van der Waals surface area contributed by atoms with Crippen LogP contribution in [0, 0.1) is 0 Å². The third-order valence-electron chi connectivity index (χ3n) is 4.30. The summed E-state index contributed by atoms with van der Waals surface area (Å²) in [5, 5.41) is 10.4. The monoisotopic (exact) mass is 352 g/mol. The molecule has 0 bridgehead atoms. The molecule has 0 aliphatic carbocycles. The number of imidazole rings is 1. The second kappa shape index (κ2) is 8.15. The number of para-hydroxylation sites is 2. The summed E-state index contributed by atoms with van der Waals surface area (Å²) in [6, 6.07) is 14.9. The summed E-state index contributed by atoms with van der Waals surface area (Å²) in [4.78, 5) is 16.0. The van der Waals surface area contributed by atoms with E-state index in [1.165, 1.54) is 6.92 Å². The van der Waals surface area contributed by atoms with Gasteiger partial charge < -0.3 is 14.4 Å². The molecule has 5 heteroatoms. The predicted molar refractivity (Wildman–Crippen MR) is 102 cm³/mol. The van der Waals surface area contributed by atoms with E-state index in [1.54, 1.807) is 24.3 Å². The zero-order valence-electron chi connectivity index (χ0n) is 15.2. The number of rotatable bonds is 8. The number of aryl methyl sites for hydroxylation is 1. The first kappa shape index (κ1) is 18.1. The summed E-state index contributed by atoms with van der Waals surface area (Å²) in [6.45, 7) is 4.26. The van der Waals surface area contributed by atoms with Crippen molar-refractivity contribution >= 4 is 16.8 Å². The average molecular weight is 352 g/mol. The second-order valence-electron chi connectivity index (χ2n) is 6.42. The van der Waals surface area contributed by atoms with Gasteiger partial charge in [-0.1, -0.05) is 19.1 Å². The minimum Gasteiger partial charge on any atom is -0.491 e. The van der Waals surface area contributed by atoms with E-state index in [0.717, 1.165) is 29.7 Å². The molecule has 0 saturated heterocycles. The van der Waals surface area contributed by atoms with Crippen molar-refractivity contribution in [2.24, 2.45) is 0 Å². The molecule has 3 aromatic rings. The van der Waals surface area contributed by atoms with Crippen LogP contribution in [0.15, 0.2) is 48.5 Å². The fraction of sp³-hybridized carbons (Fsp3) is 0.333. The van der Waals surface area contributed by atoms with Gasteiger partial charge in [0.2, 0.25) is 0 Å². The molecule has 0 unspecified atom stereocenters.